The van der Waals surface area contributed by atoms with Crippen molar-refractivity contribution in [1.29, 1.82) is 0 Å². The third-order valence-electron chi connectivity index (χ3n) is 2.77. The molecular formula is C14H15BrClNO4. The molecule has 2 N–H and O–H groups in total. The van der Waals surface area contributed by atoms with Gasteiger partial charge in [0.15, 0.2) is 5.75 Å². The molecule has 1 rings (SSSR count). The third kappa shape index (κ3) is 4.47. The Kier molecular flexibility index (Phi) is 6.23. The summed E-state index contributed by atoms with van der Waals surface area (Å²) in [5.41, 5.74) is 0.464. The van der Waals surface area contributed by atoms with Gasteiger partial charge < -0.3 is 15.2 Å². The number of aliphatic carboxylic acids is 1. The number of hydrogen-bond donors (Lipinski definition) is 2. The van der Waals surface area contributed by atoms with Gasteiger partial charge in [0.05, 0.1) is 16.8 Å². The Morgan fingerprint density at radius 2 is 1.95 bits per heavy atom. The number of carbonyl (C=O) groups is 2. The first-order valence-corrected chi connectivity index (χ1v) is 7.29. The molecule has 5 nitrogen and oxygen atoms in total. The molecular weight excluding hydrogens is 362 g/mol. The van der Waals surface area contributed by atoms with Crippen LogP contribution in [0.25, 0.3) is 0 Å². The number of ether oxygens (including phenoxy) is 1. The second kappa shape index (κ2) is 7.47. The summed E-state index contributed by atoms with van der Waals surface area (Å²) in [7, 11) is 0. The van der Waals surface area contributed by atoms with Crippen molar-refractivity contribution in [1.82, 2.24) is 0 Å². The number of hydrogen-bond acceptors (Lipinski definition) is 3. The fraction of sp³-hybridized carbons (Fsp3) is 0.286. The van der Waals surface area contributed by atoms with E-state index in [0.29, 0.717) is 27.5 Å². The highest BCUT2D eigenvalue weighted by Crippen LogP contribution is 2.36. The van der Waals surface area contributed by atoms with Crippen LogP contribution in [0.3, 0.4) is 0 Å². The average molecular weight is 377 g/mol. The largest absolute Gasteiger partial charge is 0.491 e. The molecule has 0 heterocycles. The Bertz CT molecular complexity index is 613. The summed E-state index contributed by atoms with van der Waals surface area (Å²) in [6.07, 6.45) is 0. The molecule has 0 saturated heterocycles. The first-order chi connectivity index (χ1) is 9.77. The lowest BCUT2D eigenvalue weighted by Gasteiger charge is -2.14. The summed E-state index contributed by atoms with van der Waals surface area (Å²) in [5.74, 6) is -1.22. The first kappa shape index (κ1) is 17.5. The summed E-state index contributed by atoms with van der Waals surface area (Å²) in [5, 5.41) is 11.9. The minimum atomic E-state index is -1.14. The average Bonchev–Trinajstić information content (AvgIpc) is 2.40. The number of rotatable bonds is 5. The monoisotopic (exact) mass is 375 g/mol. The zero-order valence-corrected chi connectivity index (χ0v) is 14.1. The molecule has 0 unspecified atom stereocenters. The van der Waals surface area contributed by atoms with Gasteiger partial charge in [0.25, 0.3) is 5.91 Å². The van der Waals surface area contributed by atoms with Crippen LogP contribution in [-0.4, -0.2) is 23.6 Å². The van der Waals surface area contributed by atoms with Gasteiger partial charge in [-0.1, -0.05) is 11.6 Å². The molecule has 114 valence electrons. The maximum Gasteiger partial charge on any atom is 0.331 e. The summed E-state index contributed by atoms with van der Waals surface area (Å²) >= 11 is 9.27. The summed E-state index contributed by atoms with van der Waals surface area (Å²) in [6.45, 7) is 5.03. The van der Waals surface area contributed by atoms with Gasteiger partial charge in [0.1, 0.15) is 0 Å². The van der Waals surface area contributed by atoms with Gasteiger partial charge in [-0.2, -0.15) is 0 Å². The zero-order chi connectivity index (χ0) is 16.2. The maximum atomic E-state index is 12.1. The fourth-order valence-electron chi connectivity index (χ4n) is 1.49. The smallest absolute Gasteiger partial charge is 0.331 e. The molecule has 0 aromatic heterocycles. The number of carbonyl (C=O) groups excluding carboxylic acids is 1. The van der Waals surface area contributed by atoms with Gasteiger partial charge in [-0.3, -0.25) is 4.79 Å². The number of amides is 1. The van der Waals surface area contributed by atoms with Gasteiger partial charge in [0.2, 0.25) is 0 Å². The molecule has 0 saturated carbocycles. The van der Waals surface area contributed by atoms with Crippen LogP contribution in [-0.2, 0) is 9.59 Å². The number of anilines is 1. The lowest BCUT2D eigenvalue weighted by molar-refractivity contribution is -0.133. The third-order valence-corrected chi connectivity index (χ3v) is 3.58. The normalized spacial score (nSPS) is 11.7. The van der Waals surface area contributed by atoms with Crippen molar-refractivity contribution in [2.24, 2.45) is 0 Å². The van der Waals surface area contributed by atoms with Gasteiger partial charge in [-0.05, 0) is 48.8 Å². The van der Waals surface area contributed by atoms with Crippen LogP contribution in [0.4, 0.5) is 5.69 Å². The van der Waals surface area contributed by atoms with Crippen molar-refractivity contribution in [2.45, 2.75) is 20.8 Å². The number of benzene rings is 1. The van der Waals surface area contributed by atoms with E-state index in [2.05, 4.69) is 21.2 Å². The van der Waals surface area contributed by atoms with Gasteiger partial charge in [-0.25, -0.2) is 4.79 Å². The Hall–Kier alpha value is -1.53. The number of halogens is 2. The molecule has 0 radical (unpaired) electrons. The van der Waals surface area contributed by atoms with E-state index < -0.39 is 11.9 Å². The van der Waals surface area contributed by atoms with Crippen LogP contribution in [0.1, 0.15) is 20.8 Å². The topological polar surface area (TPSA) is 75.6 Å². The zero-order valence-electron chi connectivity index (χ0n) is 11.8. The number of nitrogens with one attached hydrogen (secondary N) is 1. The summed E-state index contributed by atoms with van der Waals surface area (Å²) in [6, 6.07) is 3.19. The fourth-order valence-corrected chi connectivity index (χ4v) is 2.42. The summed E-state index contributed by atoms with van der Waals surface area (Å²) in [4.78, 5) is 23.0. The van der Waals surface area contributed by atoms with E-state index in [-0.39, 0.29) is 11.1 Å². The number of carboxylic acids is 1. The molecule has 0 atom stereocenters. The maximum absolute atomic E-state index is 12.1. The highest BCUT2D eigenvalue weighted by molar-refractivity contribution is 9.10. The van der Waals surface area contributed by atoms with Crippen molar-refractivity contribution < 1.29 is 19.4 Å². The Morgan fingerprint density at radius 1 is 1.33 bits per heavy atom. The van der Waals surface area contributed by atoms with Crippen LogP contribution < -0.4 is 10.1 Å². The molecule has 21 heavy (non-hydrogen) atoms. The molecule has 1 amide bonds. The SMILES string of the molecule is CCOc1c(Br)cc(Cl)cc1NC(=O)C(C)=C(C)C(=O)O. The molecule has 1 aromatic rings. The van der Waals surface area contributed by atoms with E-state index in [0.717, 1.165) is 0 Å². The van der Waals surface area contributed by atoms with Crippen molar-refractivity contribution in [3.8, 4) is 5.75 Å². The number of carboxylic acid groups (broad SMARTS) is 1. The van der Waals surface area contributed by atoms with Crippen molar-refractivity contribution in [2.75, 3.05) is 11.9 Å². The van der Waals surface area contributed by atoms with Gasteiger partial charge in [-0.15, -0.1) is 0 Å². The minimum absolute atomic E-state index is 0.0217. The van der Waals surface area contributed by atoms with Crippen LogP contribution in [0, 0.1) is 0 Å². The van der Waals surface area contributed by atoms with E-state index in [1.165, 1.54) is 13.8 Å². The van der Waals surface area contributed by atoms with E-state index in [1.54, 1.807) is 12.1 Å². The Labute approximate surface area is 136 Å². The predicted molar refractivity (Wildman–Crippen MR) is 85.0 cm³/mol. The van der Waals surface area contributed by atoms with E-state index >= 15 is 0 Å². The van der Waals surface area contributed by atoms with Gasteiger partial charge >= 0.3 is 5.97 Å². The molecule has 0 fully saturated rings. The molecule has 7 heteroatoms. The first-order valence-electron chi connectivity index (χ1n) is 6.11. The molecule has 0 aliphatic rings. The van der Waals surface area contributed by atoms with Gasteiger partial charge in [0, 0.05) is 16.2 Å². The molecule has 0 spiro atoms. The molecule has 0 aliphatic carbocycles. The van der Waals surface area contributed by atoms with Crippen LogP contribution >= 0.6 is 27.5 Å². The second-order valence-electron chi connectivity index (χ2n) is 4.21. The quantitative estimate of drug-likeness (QED) is 0.765. The highest BCUT2D eigenvalue weighted by atomic mass is 79.9. The second-order valence-corrected chi connectivity index (χ2v) is 5.50. The lowest BCUT2D eigenvalue weighted by atomic mass is 10.1. The minimum Gasteiger partial charge on any atom is -0.491 e. The lowest BCUT2D eigenvalue weighted by Crippen LogP contribution is -2.17. The Morgan fingerprint density at radius 3 is 2.48 bits per heavy atom. The Balaban J connectivity index is 3.16. The van der Waals surface area contributed by atoms with Crippen LogP contribution in [0.2, 0.25) is 5.02 Å². The van der Waals surface area contributed by atoms with Crippen molar-refractivity contribution in [3.63, 3.8) is 0 Å². The van der Waals surface area contributed by atoms with Crippen molar-refractivity contribution >= 4 is 45.1 Å². The molecule has 0 bridgehead atoms. The van der Waals surface area contributed by atoms with Crippen LogP contribution in [0.5, 0.6) is 5.75 Å². The molecule has 0 aliphatic heterocycles. The van der Waals surface area contributed by atoms with Crippen LogP contribution in [0.15, 0.2) is 27.8 Å². The predicted octanol–water partition coefficient (Wildman–Crippen LogP) is 3.86. The van der Waals surface area contributed by atoms with E-state index in [4.69, 9.17) is 21.4 Å². The van der Waals surface area contributed by atoms with E-state index in [9.17, 15) is 9.59 Å². The highest BCUT2D eigenvalue weighted by Gasteiger charge is 2.16. The molecule has 1 aromatic carbocycles. The van der Waals surface area contributed by atoms with E-state index in [1.807, 2.05) is 6.92 Å². The standard InChI is InChI=1S/C14H15BrClNO4/c1-4-21-12-10(15)5-9(16)6-11(12)17-13(18)7(2)8(3)14(19)20/h5-6H,4H2,1-3H3,(H,17,18)(H,19,20). The van der Waals surface area contributed by atoms with Crippen molar-refractivity contribution in [3.05, 3.63) is 32.8 Å². The summed E-state index contributed by atoms with van der Waals surface area (Å²) < 4.78 is 6.06.